The first kappa shape index (κ1) is 20.9. The van der Waals surface area contributed by atoms with E-state index >= 15 is 0 Å². The van der Waals surface area contributed by atoms with E-state index in [1.165, 1.54) is 0 Å². The SMILES string of the molecule is CCS(=O)(=O)Nc1cccc(CN2CC(c3ccccc3)(c3ccccc3)NC2=N)c1. The van der Waals surface area contributed by atoms with E-state index in [0.29, 0.717) is 24.7 Å². The van der Waals surface area contributed by atoms with Gasteiger partial charge in [-0.1, -0.05) is 72.8 Å². The van der Waals surface area contributed by atoms with Gasteiger partial charge in [0.1, 0.15) is 5.54 Å². The van der Waals surface area contributed by atoms with Crippen LogP contribution in [0.25, 0.3) is 0 Å². The number of hydrogen-bond acceptors (Lipinski definition) is 3. The standard InChI is InChI=1S/C24H26N4O2S/c1-2-31(29,30)27-22-15-9-10-19(16-22)17-28-18-24(26-23(28)25,20-11-5-3-6-12-20)21-13-7-4-8-14-21/h3-16,27H,2,17-18H2,1H3,(H2,25,26). The van der Waals surface area contributed by atoms with Crippen LogP contribution in [-0.4, -0.2) is 31.6 Å². The average molecular weight is 435 g/mol. The van der Waals surface area contributed by atoms with Crippen molar-refractivity contribution in [3.8, 4) is 0 Å². The van der Waals surface area contributed by atoms with Crippen LogP contribution in [0.2, 0.25) is 0 Å². The first-order valence-electron chi connectivity index (χ1n) is 10.2. The van der Waals surface area contributed by atoms with Crippen molar-refractivity contribution in [3.63, 3.8) is 0 Å². The predicted octanol–water partition coefficient (Wildman–Crippen LogP) is 3.73. The fourth-order valence-electron chi connectivity index (χ4n) is 3.97. The molecule has 0 unspecified atom stereocenters. The van der Waals surface area contributed by atoms with Gasteiger partial charge in [-0.05, 0) is 35.7 Å². The van der Waals surface area contributed by atoms with Crippen molar-refractivity contribution in [2.45, 2.75) is 19.0 Å². The Hall–Kier alpha value is -3.32. The van der Waals surface area contributed by atoms with Crippen molar-refractivity contribution < 1.29 is 8.42 Å². The van der Waals surface area contributed by atoms with Gasteiger partial charge >= 0.3 is 0 Å². The molecule has 7 heteroatoms. The minimum absolute atomic E-state index is 0.0224. The van der Waals surface area contributed by atoms with Crippen LogP contribution in [0.4, 0.5) is 5.69 Å². The fraction of sp³-hybridized carbons (Fsp3) is 0.208. The Morgan fingerprint density at radius 1 is 0.968 bits per heavy atom. The Balaban J connectivity index is 1.63. The maximum Gasteiger partial charge on any atom is 0.232 e. The minimum Gasteiger partial charge on any atom is -0.341 e. The van der Waals surface area contributed by atoms with Gasteiger partial charge in [0.2, 0.25) is 10.0 Å². The van der Waals surface area contributed by atoms with Crippen molar-refractivity contribution in [2.75, 3.05) is 17.0 Å². The molecule has 1 heterocycles. The van der Waals surface area contributed by atoms with Crippen LogP contribution in [0, 0.1) is 5.41 Å². The fourth-order valence-corrected chi connectivity index (χ4v) is 4.60. The molecule has 3 N–H and O–H groups in total. The van der Waals surface area contributed by atoms with Crippen molar-refractivity contribution in [1.82, 2.24) is 10.2 Å². The molecule has 1 fully saturated rings. The topological polar surface area (TPSA) is 85.3 Å². The number of nitrogens with zero attached hydrogens (tertiary/aromatic N) is 1. The lowest BCUT2D eigenvalue weighted by Crippen LogP contribution is -2.41. The summed E-state index contributed by atoms with van der Waals surface area (Å²) in [6.45, 7) is 2.69. The molecule has 0 saturated carbocycles. The number of guanidine groups is 1. The van der Waals surface area contributed by atoms with Gasteiger partial charge in [0.05, 0.1) is 12.3 Å². The summed E-state index contributed by atoms with van der Waals surface area (Å²) in [5.74, 6) is 0.362. The highest BCUT2D eigenvalue weighted by atomic mass is 32.2. The first-order chi connectivity index (χ1) is 14.9. The Kier molecular flexibility index (Phi) is 5.69. The molecule has 0 bridgehead atoms. The average Bonchev–Trinajstić information content (AvgIpc) is 3.12. The van der Waals surface area contributed by atoms with E-state index in [0.717, 1.165) is 16.7 Å². The second-order valence-corrected chi connectivity index (χ2v) is 9.68. The number of anilines is 1. The number of nitrogens with one attached hydrogen (secondary N) is 3. The van der Waals surface area contributed by atoms with Crippen LogP contribution >= 0.6 is 0 Å². The first-order valence-corrected chi connectivity index (χ1v) is 11.9. The quantitative estimate of drug-likeness (QED) is 0.529. The minimum atomic E-state index is -3.34. The van der Waals surface area contributed by atoms with Crippen LogP contribution in [0.1, 0.15) is 23.6 Å². The third kappa shape index (κ3) is 4.41. The number of benzene rings is 3. The molecule has 0 aromatic heterocycles. The van der Waals surface area contributed by atoms with E-state index in [2.05, 4.69) is 34.3 Å². The smallest absolute Gasteiger partial charge is 0.232 e. The van der Waals surface area contributed by atoms with Gasteiger partial charge in [-0.3, -0.25) is 10.1 Å². The molecule has 3 aromatic rings. The molecular formula is C24H26N4O2S. The summed E-state index contributed by atoms with van der Waals surface area (Å²) in [4.78, 5) is 1.98. The van der Waals surface area contributed by atoms with Crippen molar-refractivity contribution in [2.24, 2.45) is 0 Å². The molecule has 0 atom stereocenters. The van der Waals surface area contributed by atoms with Gasteiger partial charge < -0.3 is 10.2 Å². The highest BCUT2D eigenvalue weighted by Crippen LogP contribution is 2.35. The Bertz CT molecular complexity index is 1120. The molecule has 0 aliphatic carbocycles. The molecule has 3 aromatic carbocycles. The molecule has 160 valence electrons. The van der Waals surface area contributed by atoms with Crippen LogP contribution in [-0.2, 0) is 22.1 Å². The predicted molar refractivity (Wildman–Crippen MR) is 124 cm³/mol. The highest BCUT2D eigenvalue weighted by Gasteiger charge is 2.43. The van der Waals surface area contributed by atoms with Gasteiger partial charge in [0.25, 0.3) is 0 Å². The summed E-state index contributed by atoms with van der Waals surface area (Å²) >= 11 is 0. The van der Waals surface area contributed by atoms with E-state index in [-0.39, 0.29) is 5.75 Å². The second-order valence-electron chi connectivity index (χ2n) is 7.67. The summed E-state index contributed by atoms with van der Waals surface area (Å²) in [6, 6.07) is 27.7. The van der Waals surface area contributed by atoms with E-state index < -0.39 is 15.6 Å². The summed E-state index contributed by atoms with van der Waals surface area (Å²) in [5, 5.41) is 12.1. The molecule has 0 spiro atoms. The summed E-state index contributed by atoms with van der Waals surface area (Å²) < 4.78 is 26.4. The third-order valence-electron chi connectivity index (χ3n) is 5.56. The van der Waals surface area contributed by atoms with E-state index in [4.69, 9.17) is 5.41 Å². The molecular weight excluding hydrogens is 408 g/mol. The maximum atomic E-state index is 11.9. The Morgan fingerprint density at radius 2 is 1.58 bits per heavy atom. The maximum absolute atomic E-state index is 11.9. The van der Waals surface area contributed by atoms with Crippen molar-refractivity contribution >= 4 is 21.7 Å². The molecule has 31 heavy (non-hydrogen) atoms. The largest absolute Gasteiger partial charge is 0.341 e. The monoisotopic (exact) mass is 434 g/mol. The zero-order chi connectivity index (χ0) is 21.9. The van der Waals surface area contributed by atoms with Gasteiger partial charge in [-0.15, -0.1) is 0 Å². The summed E-state index contributed by atoms with van der Waals surface area (Å²) in [7, 11) is -3.34. The lowest BCUT2D eigenvalue weighted by atomic mass is 9.83. The third-order valence-corrected chi connectivity index (χ3v) is 6.87. The number of hydrogen-bond donors (Lipinski definition) is 3. The molecule has 1 aliphatic heterocycles. The second kappa shape index (κ2) is 8.43. The Morgan fingerprint density at radius 3 is 2.16 bits per heavy atom. The lowest BCUT2D eigenvalue weighted by Gasteiger charge is -2.30. The van der Waals surface area contributed by atoms with Crippen LogP contribution < -0.4 is 10.0 Å². The zero-order valence-corrected chi connectivity index (χ0v) is 18.2. The van der Waals surface area contributed by atoms with Crippen LogP contribution in [0.5, 0.6) is 0 Å². The van der Waals surface area contributed by atoms with Gasteiger partial charge in [0.15, 0.2) is 5.96 Å². The Labute approximate surface area is 183 Å². The van der Waals surface area contributed by atoms with Crippen LogP contribution in [0.15, 0.2) is 84.9 Å². The van der Waals surface area contributed by atoms with Crippen molar-refractivity contribution in [1.29, 1.82) is 5.41 Å². The highest BCUT2D eigenvalue weighted by molar-refractivity contribution is 7.92. The van der Waals surface area contributed by atoms with Crippen LogP contribution in [0.3, 0.4) is 0 Å². The van der Waals surface area contributed by atoms with Gasteiger partial charge in [-0.25, -0.2) is 8.42 Å². The molecule has 0 radical (unpaired) electrons. The molecule has 1 aliphatic rings. The lowest BCUT2D eigenvalue weighted by molar-refractivity contribution is 0.379. The van der Waals surface area contributed by atoms with Crippen molar-refractivity contribution in [3.05, 3.63) is 102 Å². The normalized spacial score (nSPS) is 15.5. The summed E-state index contributed by atoms with van der Waals surface area (Å²) in [6.07, 6.45) is 0. The molecule has 4 rings (SSSR count). The molecule has 6 nitrogen and oxygen atoms in total. The van der Waals surface area contributed by atoms with Gasteiger partial charge in [0, 0.05) is 12.2 Å². The molecule has 0 amide bonds. The van der Waals surface area contributed by atoms with E-state index in [1.54, 1.807) is 13.0 Å². The van der Waals surface area contributed by atoms with Gasteiger partial charge in [-0.2, -0.15) is 0 Å². The zero-order valence-electron chi connectivity index (χ0n) is 17.4. The molecule has 1 saturated heterocycles. The number of rotatable bonds is 7. The van der Waals surface area contributed by atoms with E-state index in [1.807, 2.05) is 59.5 Å². The number of sulfonamides is 1. The summed E-state index contributed by atoms with van der Waals surface area (Å²) in [5.41, 5.74) is 3.13. The van der Waals surface area contributed by atoms with E-state index in [9.17, 15) is 8.42 Å².